The van der Waals surface area contributed by atoms with Gasteiger partial charge in [0.15, 0.2) is 0 Å². The second kappa shape index (κ2) is 12.7. The van der Waals surface area contributed by atoms with Gasteiger partial charge in [0.1, 0.15) is 12.2 Å². The minimum absolute atomic E-state index is 0.802. The molecule has 0 rings (SSSR count). The van der Waals surface area contributed by atoms with Crippen LogP contribution in [0.1, 0.15) is 32.1 Å². The van der Waals surface area contributed by atoms with Crippen molar-refractivity contribution in [2.24, 2.45) is 0 Å². The summed E-state index contributed by atoms with van der Waals surface area (Å²) in [4.78, 5) is 0. The third-order valence-corrected chi connectivity index (χ3v) is 2.32. The first-order valence-electron chi connectivity index (χ1n) is 6.48. The molecule has 0 aliphatic heterocycles. The Bertz CT molecular complexity index is 398. The number of aliphatic hydroxyl groups excluding tert-OH is 2. The van der Waals surface area contributed by atoms with E-state index in [1.807, 2.05) is 12.2 Å². The summed E-state index contributed by atoms with van der Waals surface area (Å²) in [6.45, 7) is 7.06. The van der Waals surface area contributed by atoms with Crippen molar-refractivity contribution in [2.75, 3.05) is 0 Å². The van der Waals surface area contributed by atoms with E-state index >= 15 is 0 Å². The maximum absolute atomic E-state index is 9.49. The minimum atomic E-state index is -0.863. The summed E-state index contributed by atoms with van der Waals surface area (Å²) in [5, 5.41) is 18.5. The number of aliphatic hydroxyl groups is 2. The highest BCUT2D eigenvalue weighted by molar-refractivity contribution is 5.31. The van der Waals surface area contributed by atoms with Crippen molar-refractivity contribution in [1.29, 1.82) is 0 Å². The molecule has 0 aromatic heterocycles. The second-order valence-corrected chi connectivity index (χ2v) is 4.02. The van der Waals surface area contributed by atoms with Crippen LogP contribution in [0.4, 0.5) is 0 Å². The standard InChI is InChI=1S/C17H22O2/c1-3-5-6-7-8-9-10-14-17(19)15-12-11-13-16(18)4-2/h3-4,10,14,16-19H,1-2,5-9H2/b14-10+/t16-,17-/m0/s1. The minimum Gasteiger partial charge on any atom is -0.377 e. The van der Waals surface area contributed by atoms with E-state index in [1.165, 1.54) is 18.9 Å². The highest BCUT2D eigenvalue weighted by Crippen LogP contribution is 2.04. The van der Waals surface area contributed by atoms with Crippen LogP contribution in [0.5, 0.6) is 0 Å². The molecule has 0 saturated heterocycles. The van der Waals surface area contributed by atoms with E-state index in [-0.39, 0.29) is 0 Å². The summed E-state index contributed by atoms with van der Waals surface area (Å²) >= 11 is 0. The van der Waals surface area contributed by atoms with E-state index in [0.29, 0.717) is 0 Å². The molecular weight excluding hydrogens is 236 g/mol. The largest absolute Gasteiger partial charge is 0.377 e. The molecule has 0 amide bonds. The van der Waals surface area contributed by atoms with Crippen LogP contribution in [0.3, 0.4) is 0 Å². The molecular formula is C17H22O2. The van der Waals surface area contributed by atoms with Crippen molar-refractivity contribution in [3.05, 3.63) is 37.5 Å². The molecule has 0 aliphatic carbocycles. The molecule has 0 bridgehead atoms. The third kappa shape index (κ3) is 12.5. The summed E-state index contributed by atoms with van der Waals surface area (Å²) in [5.74, 6) is 9.96. The lowest BCUT2D eigenvalue weighted by Crippen LogP contribution is -1.97. The molecule has 19 heavy (non-hydrogen) atoms. The number of unbranched alkanes of at least 4 members (excludes halogenated alkanes) is 4. The third-order valence-electron chi connectivity index (χ3n) is 2.32. The predicted molar refractivity (Wildman–Crippen MR) is 80.2 cm³/mol. The molecule has 2 atom stereocenters. The molecule has 2 nitrogen and oxygen atoms in total. The van der Waals surface area contributed by atoms with E-state index in [4.69, 9.17) is 5.11 Å². The Kier molecular flexibility index (Phi) is 11.5. The number of rotatable bonds is 8. The first-order chi connectivity index (χ1) is 9.20. The summed E-state index contributed by atoms with van der Waals surface area (Å²) < 4.78 is 0. The zero-order valence-electron chi connectivity index (χ0n) is 11.3. The lowest BCUT2D eigenvalue weighted by Gasteiger charge is -1.96. The van der Waals surface area contributed by atoms with Gasteiger partial charge < -0.3 is 10.2 Å². The molecule has 0 aliphatic rings. The van der Waals surface area contributed by atoms with Crippen LogP contribution in [0.2, 0.25) is 0 Å². The average molecular weight is 258 g/mol. The fourth-order valence-corrected chi connectivity index (χ4v) is 1.28. The molecule has 0 aromatic rings. The highest BCUT2D eigenvalue weighted by atomic mass is 16.3. The Morgan fingerprint density at radius 2 is 1.53 bits per heavy atom. The monoisotopic (exact) mass is 258 g/mol. The maximum Gasteiger partial charge on any atom is 0.134 e. The smallest absolute Gasteiger partial charge is 0.134 e. The Balaban J connectivity index is 3.80. The van der Waals surface area contributed by atoms with Gasteiger partial charge >= 0.3 is 0 Å². The predicted octanol–water partition coefficient (Wildman–Crippen LogP) is 2.59. The normalized spacial score (nSPS) is 12.7. The maximum atomic E-state index is 9.49. The molecule has 0 saturated carbocycles. The van der Waals surface area contributed by atoms with E-state index in [1.54, 1.807) is 6.08 Å². The molecule has 102 valence electrons. The first kappa shape index (κ1) is 17.3. The van der Waals surface area contributed by atoms with Gasteiger partial charge in [0.2, 0.25) is 0 Å². The summed E-state index contributed by atoms with van der Waals surface area (Å²) in [5.41, 5.74) is 0. The zero-order chi connectivity index (χ0) is 14.3. The fourth-order valence-electron chi connectivity index (χ4n) is 1.28. The van der Waals surface area contributed by atoms with Crippen LogP contribution < -0.4 is 0 Å². The molecule has 2 N–H and O–H groups in total. The molecule has 0 unspecified atom stereocenters. The van der Waals surface area contributed by atoms with Gasteiger partial charge in [-0.05, 0) is 43.6 Å². The number of hydrogen-bond donors (Lipinski definition) is 2. The van der Waals surface area contributed by atoms with Crippen LogP contribution in [0.25, 0.3) is 0 Å². The van der Waals surface area contributed by atoms with Crippen molar-refractivity contribution < 1.29 is 10.2 Å². The van der Waals surface area contributed by atoms with Gasteiger partial charge in [0.05, 0.1) is 0 Å². The van der Waals surface area contributed by atoms with Crippen molar-refractivity contribution in [1.82, 2.24) is 0 Å². The molecule has 2 heteroatoms. The lowest BCUT2D eigenvalue weighted by molar-refractivity contribution is 0.280. The fraction of sp³-hybridized carbons (Fsp3) is 0.412. The van der Waals surface area contributed by atoms with Gasteiger partial charge in [-0.15, -0.1) is 6.58 Å². The van der Waals surface area contributed by atoms with Crippen LogP contribution in [0.15, 0.2) is 37.5 Å². The van der Waals surface area contributed by atoms with E-state index < -0.39 is 12.2 Å². The van der Waals surface area contributed by atoms with E-state index in [9.17, 15) is 5.11 Å². The van der Waals surface area contributed by atoms with Crippen LogP contribution in [-0.4, -0.2) is 22.4 Å². The van der Waals surface area contributed by atoms with Gasteiger partial charge in [0.25, 0.3) is 0 Å². The number of allylic oxidation sites excluding steroid dienone is 2. The van der Waals surface area contributed by atoms with Crippen LogP contribution in [0, 0.1) is 23.7 Å². The topological polar surface area (TPSA) is 40.5 Å². The zero-order valence-corrected chi connectivity index (χ0v) is 11.3. The number of hydrogen-bond acceptors (Lipinski definition) is 2. The Morgan fingerprint density at radius 3 is 2.16 bits per heavy atom. The molecule has 0 heterocycles. The lowest BCUT2D eigenvalue weighted by atomic mass is 10.1. The van der Waals surface area contributed by atoms with Crippen molar-refractivity contribution in [2.45, 2.75) is 44.3 Å². The molecule has 0 aromatic carbocycles. The van der Waals surface area contributed by atoms with Gasteiger partial charge in [-0.25, -0.2) is 0 Å². The second-order valence-electron chi connectivity index (χ2n) is 4.02. The summed E-state index contributed by atoms with van der Waals surface area (Å²) in [6.07, 6.45) is 10.6. The van der Waals surface area contributed by atoms with Gasteiger partial charge in [0, 0.05) is 0 Å². The summed E-state index contributed by atoms with van der Waals surface area (Å²) in [6, 6.07) is 0. The Hall–Kier alpha value is -1.74. The van der Waals surface area contributed by atoms with Crippen molar-refractivity contribution in [3.63, 3.8) is 0 Å². The summed E-state index contributed by atoms with van der Waals surface area (Å²) in [7, 11) is 0. The SMILES string of the molecule is C=CCCCCC/C=C/[C@H](O)C#CC#C[C@@H](O)C=C. The van der Waals surface area contributed by atoms with Crippen molar-refractivity contribution >= 4 is 0 Å². The quantitative estimate of drug-likeness (QED) is 0.399. The van der Waals surface area contributed by atoms with Gasteiger partial charge in [-0.1, -0.05) is 43.1 Å². The van der Waals surface area contributed by atoms with Crippen molar-refractivity contribution in [3.8, 4) is 23.7 Å². The van der Waals surface area contributed by atoms with E-state index in [0.717, 1.165) is 19.3 Å². The Morgan fingerprint density at radius 1 is 0.895 bits per heavy atom. The molecule has 0 radical (unpaired) electrons. The molecule has 0 fully saturated rings. The van der Waals surface area contributed by atoms with E-state index in [2.05, 4.69) is 36.8 Å². The Labute approximate surface area is 116 Å². The van der Waals surface area contributed by atoms with Crippen LogP contribution in [-0.2, 0) is 0 Å². The first-order valence-corrected chi connectivity index (χ1v) is 6.48. The van der Waals surface area contributed by atoms with Crippen LogP contribution >= 0.6 is 0 Å². The van der Waals surface area contributed by atoms with Gasteiger partial charge in [-0.2, -0.15) is 0 Å². The van der Waals surface area contributed by atoms with Gasteiger partial charge in [-0.3, -0.25) is 0 Å². The molecule has 0 spiro atoms. The highest BCUT2D eigenvalue weighted by Gasteiger charge is 1.90. The average Bonchev–Trinajstić information content (AvgIpc) is 2.42.